The monoisotopic (exact) mass is 239 g/mol. The Kier molecular flexibility index (Phi) is 3.62. The van der Waals surface area contributed by atoms with Gasteiger partial charge in [-0.2, -0.15) is 0 Å². The number of carboxylic acid groups (broad SMARTS) is 1. The van der Waals surface area contributed by atoms with Gasteiger partial charge in [-0.25, -0.2) is 9.78 Å². The van der Waals surface area contributed by atoms with Gasteiger partial charge in [-0.1, -0.05) is 0 Å². The first-order valence-corrected chi connectivity index (χ1v) is 4.92. The maximum Gasteiger partial charge on any atom is 0.326 e. The van der Waals surface area contributed by atoms with E-state index in [0.29, 0.717) is 5.56 Å². The molecule has 1 N–H and O–H groups in total. The van der Waals surface area contributed by atoms with Crippen LogP contribution in [0.1, 0.15) is 12.5 Å². The van der Waals surface area contributed by atoms with Gasteiger partial charge in [0.15, 0.2) is 0 Å². The van der Waals surface area contributed by atoms with Gasteiger partial charge < -0.3 is 10.0 Å². The molecule has 0 saturated heterocycles. The fraction of sp³-hybridized carbons (Fsp3) is 0.400. The molecule has 7 heteroatoms. The highest BCUT2D eigenvalue weighted by atomic mass is 16.6. The van der Waals surface area contributed by atoms with Crippen LogP contribution in [0.15, 0.2) is 12.3 Å². The van der Waals surface area contributed by atoms with Crippen LogP contribution in [0.3, 0.4) is 0 Å². The summed E-state index contributed by atoms with van der Waals surface area (Å²) in [5.41, 5.74) is 0.285. The molecule has 17 heavy (non-hydrogen) atoms. The van der Waals surface area contributed by atoms with E-state index in [-0.39, 0.29) is 11.5 Å². The van der Waals surface area contributed by atoms with E-state index >= 15 is 0 Å². The molecule has 1 atom stereocenters. The average Bonchev–Trinajstić information content (AvgIpc) is 2.25. The third kappa shape index (κ3) is 2.49. The van der Waals surface area contributed by atoms with Crippen molar-refractivity contribution in [2.45, 2.75) is 19.9 Å². The van der Waals surface area contributed by atoms with Crippen molar-refractivity contribution in [3.8, 4) is 0 Å². The second-order valence-corrected chi connectivity index (χ2v) is 3.68. The first kappa shape index (κ1) is 12.9. The zero-order chi connectivity index (χ0) is 13.2. The van der Waals surface area contributed by atoms with Crippen molar-refractivity contribution in [1.82, 2.24) is 4.98 Å². The molecule has 0 radical (unpaired) electrons. The third-order valence-electron chi connectivity index (χ3n) is 2.56. The zero-order valence-electron chi connectivity index (χ0n) is 9.75. The SMILES string of the molecule is Cc1ccnc(N(C)C(C)C(=O)O)c1[N+](=O)[O-]. The number of aliphatic carboxylic acids is 1. The van der Waals surface area contributed by atoms with Gasteiger partial charge >= 0.3 is 11.7 Å². The van der Waals surface area contributed by atoms with Crippen LogP contribution in [-0.4, -0.2) is 34.1 Å². The molecule has 1 unspecified atom stereocenters. The predicted octanol–water partition coefficient (Wildman–Crippen LogP) is 1.21. The number of hydrogen-bond acceptors (Lipinski definition) is 5. The molecule has 0 aromatic carbocycles. The Hall–Kier alpha value is -2.18. The van der Waals surface area contributed by atoms with Gasteiger partial charge in [0.1, 0.15) is 6.04 Å². The molecule has 1 rings (SSSR count). The number of nitrogens with zero attached hydrogens (tertiary/aromatic N) is 3. The average molecular weight is 239 g/mol. The van der Waals surface area contributed by atoms with Crippen molar-refractivity contribution < 1.29 is 14.8 Å². The van der Waals surface area contributed by atoms with Crippen molar-refractivity contribution in [2.75, 3.05) is 11.9 Å². The molecule has 0 fully saturated rings. The number of pyridine rings is 1. The van der Waals surface area contributed by atoms with Crippen molar-refractivity contribution >= 4 is 17.5 Å². The van der Waals surface area contributed by atoms with Crippen molar-refractivity contribution in [1.29, 1.82) is 0 Å². The highest BCUT2D eigenvalue weighted by Gasteiger charge is 2.27. The number of likely N-dealkylation sites (N-methyl/N-ethyl adjacent to an activating group) is 1. The number of aromatic nitrogens is 1. The molecule has 0 aliphatic rings. The normalized spacial score (nSPS) is 11.9. The van der Waals surface area contributed by atoms with Crippen LogP contribution in [0.5, 0.6) is 0 Å². The van der Waals surface area contributed by atoms with E-state index in [4.69, 9.17) is 5.11 Å². The molecule has 0 bridgehead atoms. The summed E-state index contributed by atoms with van der Waals surface area (Å²) in [5.74, 6) is -1.00. The Morgan fingerprint density at radius 3 is 2.71 bits per heavy atom. The number of rotatable bonds is 4. The fourth-order valence-corrected chi connectivity index (χ4v) is 1.37. The maximum absolute atomic E-state index is 10.9. The van der Waals surface area contributed by atoms with Gasteiger partial charge in [0, 0.05) is 18.8 Å². The van der Waals surface area contributed by atoms with Gasteiger partial charge in [-0.05, 0) is 19.9 Å². The molecule has 0 saturated carbocycles. The second-order valence-electron chi connectivity index (χ2n) is 3.68. The predicted molar refractivity (Wildman–Crippen MR) is 61.1 cm³/mol. The van der Waals surface area contributed by atoms with Crippen LogP contribution in [0.25, 0.3) is 0 Å². The summed E-state index contributed by atoms with van der Waals surface area (Å²) in [7, 11) is 1.47. The molecular weight excluding hydrogens is 226 g/mol. The summed E-state index contributed by atoms with van der Waals surface area (Å²) >= 11 is 0. The quantitative estimate of drug-likeness (QED) is 0.626. The van der Waals surface area contributed by atoms with E-state index in [1.165, 1.54) is 31.1 Å². The van der Waals surface area contributed by atoms with E-state index in [9.17, 15) is 14.9 Å². The molecule has 0 aliphatic heterocycles. The fourth-order valence-electron chi connectivity index (χ4n) is 1.37. The molecule has 1 heterocycles. The van der Waals surface area contributed by atoms with Crippen LogP contribution < -0.4 is 4.90 Å². The topological polar surface area (TPSA) is 96.6 Å². The van der Waals surface area contributed by atoms with Gasteiger partial charge in [0.05, 0.1) is 4.92 Å². The maximum atomic E-state index is 10.9. The molecular formula is C10H13N3O4. The summed E-state index contributed by atoms with van der Waals surface area (Å²) in [6.45, 7) is 3.03. The number of hydrogen-bond donors (Lipinski definition) is 1. The van der Waals surface area contributed by atoms with Crippen LogP contribution in [-0.2, 0) is 4.79 Å². The Morgan fingerprint density at radius 2 is 2.24 bits per heavy atom. The lowest BCUT2D eigenvalue weighted by atomic mass is 10.2. The van der Waals surface area contributed by atoms with Crippen molar-refractivity contribution in [3.63, 3.8) is 0 Å². The lowest BCUT2D eigenvalue weighted by molar-refractivity contribution is -0.384. The van der Waals surface area contributed by atoms with E-state index < -0.39 is 16.9 Å². The van der Waals surface area contributed by atoms with Gasteiger partial charge in [0.2, 0.25) is 5.82 Å². The highest BCUT2D eigenvalue weighted by molar-refractivity contribution is 5.78. The molecule has 1 aromatic heterocycles. The molecule has 92 valence electrons. The first-order chi connectivity index (χ1) is 7.86. The number of anilines is 1. The van der Waals surface area contributed by atoms with Gasteiger partial charge in [-0.15, -0.1) is 0 Å². The summed E-state index contributed by atoms with van der Waals surface area (Å²) in [6.07, 6.45) is 1.42. The Morgan fingerprint density at radius 1 is 1.65 bits per heavy atom. The highest BCUT2D eigenvalue weighted by Crippen LogP contribution is 2.29. The van der Waals surface area contributed by atoms with E-state index in [0.717, 1.165) is 0 Å². The first-order valence-electron chi connectivity index (χ1n) is 4.92. The minimum absolute atomic E-state index is 0.0601. The Bertz CT molecular complexity index is 461. The molecule has 7 nitrogen and oxygen atoms in total. The Balaban J connectivity index is 3.26. The number of carbonyl (C=O) groups is 1. The lowest BCUT2D eigenvalue weighted by Crippen LogP contribution is -2.36. The number of nitro groups is 1. The van der Waals surface area contributed by atoms with E-state index in [1.54, 1.807) is 6.92 Å². The molecule has 0 aliphatic carbocycles. The third-order valence-corrected chi connectivity index (χ3v) is 2.56. The Labute approximate surface area is 97.8 Å². The standard InChI is InChI=1S/C10H13N3O4/c1-6-4-5-11-9(8(6)13(16)17)12(3)7(2)10(14)15/h4-5,7H,1-3H3,(H,14,15). The summed E-state index contributed by atoms with van der Waals surface area (Å²) in [5, 5.41) is 19.8. The van der Waals surface area contributed by atoms with E-state index in [1.807, 2.05) is 0 Å². The van der Waals surface area contributed by atoms with Gasteiger partial charge in [0.25, 0.3) is 0 Å². The molecule has 0 spiro atoms. The van der Waals surface area contributed by atoms with Crippen LogP contribution in [0, 0.1) is 17.0 Å². The van der Waals surface area contributed by atoms with Crippen molar-refractivity contribution in [2.24, 2.45) is 0 Å². The lowest BCUT2D eigenvalue weighted by Gasteiger charge is -2.22. The smallest absolute Gasteiger partial charge is 0.326 e. The summed E-state index contributed by atoms with van der Waals surface area (Å²) in [6, 6.07) is 0.629. The minimum Gasteiger partial charge on any atom is -0.480 e. The molecule has 0 amide bonds. The summed E-state index contributed by atoms with van der Waals surface area (Å²) in [4.78, 5) is 26.4. The van der Waals surface area contributed by atoms with Crippen LogP contribution in [0.4, 0.5) is 11.5 Å². The number of aryl methyl sites for hydroxylation is 1. The van der Waals surface area contributed by atoms with Crippen molar-refractivity contribution in [3.05, 3.63) is 27.9 Å². The minimum atomic E-state index is -1.06. The largest absolute Gasteiger partial charge is 0.480 e. The summed E-state index contributed by atoms with van der Waals surface area (Å²) < 4.78 is 0. The van der Waals surface area contributed by atoms with Gasteiger partial charge in [-0.3, -0.25) is 10.1 Å². The van der Waals surface area contributed by atoms with Crippen LogP contribution in [0.2, 0.25) is 0 Å². The molecule has 1 aromatic rings. The van der Waals surface area contributed by atoms with E-state index in [2.05, 4.69) is 4.98 Å². The zero-order valence-corrected chi connectivity index (χ0v) is 9.75. The number of carboxylic acids is 1. The van der Waals surface area contributed by atoms with Crippen LogP contribution >= 0.6 is 0 Å². The second kappa shape index (κ2) is 4.77.